The summed E-state index contributed by atoms with van der Waals surface area (Å²) in [5.41, 5.74) is 7.80. The van der Waals surface area contributed by atoms with Crippen LogP contribution in [0.5, 0.6) is 0 Å². The average Bonchev–Trinajstić information content (AvgIpc) is 3.09. The van der Waals surface area contributed by atoms with Crippen molar-refractivity contribution >= 4 is 5.82 Å². The van der Waals surface area contributed by atoms with Crippen molar-refractivity contribution in [2.75, 3.05) is 5.73 Å². The van der Waals surface area contributed by atoms with Gasteiger partial charge in [0.25, 0.3) is 0 Å². The second kappa shape index (κ2) is 5.16. The summed E-state index contributed by atoms with van der Waals surface area (Å²) in [5, 5.41) is 0. The molecule has 0 radical (unpaired) electrons. The molecule has 6 heteroatoms. The molecule has 0 aliphatic carbocycles. The van der Waals surface area contributed by atoms with E-state index >= 15 is 0 Å². The Morgan fingerprint density at radius 2 is 2.15 bits per heavy atom. The monoisotopic (exact) mass is 268 g/mol. The topological polar surface area (TPSA) is 74.5 Å². The lowest BCUT2D eigenvalue weighted by Gasteiger charge is -2.17. The van der Waals surface area contributed by atoms with Crippen molar-refractivity contribution in [3.63, 3.8) is 0 Å². The highest BCUT2D eigenvalue weighted by atomic mass is 15.1. The Kier molecular flexibility index (Phi) is 3.20. The Morgan fingerprint density at radius 1 is 1.25 bits per heavy atom. The van der Waals surface area contributed by atoms with Crippen molar-refractivity contribution in [3.8, 4) is 11.3 Å². The van der Waals surface area contributed by atoms with E-state index in [4.69, 9.17) is 5.73 Å². The van der Waals surface area contributed by atoms with Gasteiger partial charge in [0, 0.05) is 30.7 Å². The second-order valence-corrected chi connectivity index (χ2v) is 4.76. The summed E-state index contributed by atoms with van der Waals surface area (Å²) in [7, 11) is 0. The van der Waals surface area contributed by atoms with Crippen LogP contribution in [0.2, 0.25) is 0 Å². The number of hydrogen-bond donors (Lipinski definition) is 1. The highest BCUT2D eigenvalue weighted by molar-refractivity contribution is 5.61. The predicted octanol–water partition coefficient (Wildman–Crippen LogP) is 1.98. The molecule has 0 spiro atoms. The number of nitrogen functional groups attached to an aromatic ring is 1. The molecule has 6 nitrogen and oxygen atoms in total. The van der Waals surface area contributed by atoms with Crippen LogP contribution < -0.4 is 5.73 Å². The van der Waals surface area contributed by atoms with Gasteiger partial charge in [-0.3, -0.25) is 0 Å². The Labute approximate surface area is 116 Å². The molecule has 102 valence electrons. The van der Waals surface area contributed by atoms with Crippen LogP contribution in [-0.4, -0.2) is 24.1 Å². The number of rotatable bonds is 4. The van der Waals surface area contributed by atoms with Gasteiger partial charge in [0.1, 0.15) is 5.82 Å². The summed E-state index contributed by atoms with van der Waals surface area (Å²) in [4.78, 5) is 12.3. The van der Waals surface area contributed by atoms with Gasteiger partial charge in [-0.1, -0.05) is 0 Å². The maximum absolute atomic E-state index is 5.75. The quantitative estimate of drug-likeness (QED) is 0.785. The normalized spacial score (nSPS) is 12.4. The van der Waals surface area contributed by atoms with Gasteiger partial charge in [0.2, 0.25) is 0 Å². The zero-order valence-corrected chi connectivity index (χ0v) is 11.2. The SMILES string of the molecule is CC(Cn1ccnc1)n1cncc1-c1ccnc(N)c1. The highest BCUT2D eigenvalue weighted by Gasteiger charge is 2.12. The smallest absolute Gasteiger partial charge is 0.123 e. The lowest BCUT2D eigenvalue weighted by molar-refractivity contribution is 0.467. The third-order valence-electron chi connectivity index (χ3n) is 3.25. The first-order valence-corrected chi connectivity index (χ1v) is 6.43. The minimum Gasteiger partial charge on any atom is -0.384 e. The van der Waals surface area contributed by atoms with E-state index < -0.39 is 0 Å². The fraction of sp³-hybridized carbons (Fsp3) is 0.214. The Bertz CT molecular complexity index is 685. The van der Waals surface area contributed by atoms with Crippen molar-refractivity contribution in [2.24, 2.45) is 0 Å². The van der Waals surface area contributed by atoms with Crippen molar-refractivity contribution in [1.82, 2.24) is 24.1 Å². The molecule has 3 heterocycles. The Morgan fingerprint density at radius 3 is 2.90 bits per heavy atom. The molecule has 0 aliphatic rings. The van der Waals surface area contributed by atoms with Crippen molar-refractivity contribution in [2.45, 2.75) is 19.5 Å². The molecule has 0 bridgehead atoms. The minimum atomic E-state index is 0.260. The molecule has 0 aliphatic heterocycles. The molecule has 1 unspecified atom stereocenters. The van der Waals surface area contributed by atoms with Gasteiger partial charge in [-0.25, -0.2) is 15.0 Å². The van der Waals surface area contributed by atoms with Gasteiger partial charge >= 0.3 is 0 Å². The number of imidazole rings is 2. The van der Waals surface area contributed by atoms with E-state index in [0.29, 0.717) is 5.82 Å². The number of hydrogen-bond acceptors (Lipinski definition) is 4. The summed E-state index contributed by atoms with van der Waals surface area (Å²) in [6, 6.07) is 4.06. The largest absolute Gasteiger partial charge is 0.384 e. The maximum atomic E-state index is 5.75. The first-order chi connectivity index (χ1) is 9.74. The van der Waals surface area contributed by atoms with Crippen molar-refractivity contribution in [1.29, 1.82) is 0 Å². The molecule has 0 aromatic carbocycles. The maximum Gasteiger partial charge on any atom is 0.123 e. The van der Waals surface area contributed by atoms with Gasteiger partial charge in [-0.15, -0.1) is 0 Å². The molecule has 0 fully saturated rings. The van der Waals surface area contributed by atoms with Gasteiger partial charge in [-0.05, 0) is 19.1 Å². The van der Waals surface area contributed by atoms with Crippen LogP contribution >= 0.6 is 0 Å². The van der Waals surface area contributed by atoms with E-state index in [1.165, 1.54) is 0 Å². The van der Waals surface area contributed by atoms with E-state index in [9.17, 15) is 0 Å². The van der Waals surface area contributed by atoms with Crippen molar-refractivity contribution < 1.29 is 0 Å². The zero-order chi connectivity index (χ0) is 13.9. The van der Waals surface area contributed by atoms with Crippen molar-refractivity contribution in [3.05, 3.63) is 49.6 Å². The van der Waals surface area contributed by atoms with Crippen LogP contribution in [-0.2, 0) is 6.54 Å². The molecule has 0 amide bonds. The molecule has 2 N–H and O–H groups in total. The predicted molar refractivity (Wildman–Crippen MR) is 76.8 cm³/mol. The van der Waals surface area contributed by atoms with Gasteiger partial charge < -0.3 is 14.9 Å². The number of anilines is 1. The summed E-state index contributed by atoms with van der Waals surface area (Å²) in [6.45, 7) is 2.99. The summed E-state index contributed by atoms with van der Waals surface area (Å²) >= 11 is 0. The molecule has 20 heavy (non-hydrogen) atoms. The highest BCUT2D eigenvalue weighted by Crippen LogP contribution is 2.23. The van der Waals surface area contributed by atoms with E-state index in [1.54, 1.807) is 12.4 Å². The zero-order valence-electron chi connectivity index (χ0n) is 11.2. The fourth-order valence-corrected chi connectivity index (χ4v) is 2.27. The van der Waals surface area contributed by atoms with E-state index in [-0.39, 0.29) is 6.04 Å². The summed E-state index contributed by atoms with van der Waals surface area (Å²) in [6.07, 6.45) is 11.0. The standard InChI is InChI=1S/C14H16N6/c1-11(8-19-5-4-16-9-19)20-10-17-7-13(20)12-2-3-18-14(15)6-12/h2-7,9-11H,8H2,1H3,(H2,15,18). The minimum absolute atomic E-state index is 0.260. The van der Waals surface area contributed by atoms with E-state index in [0.717, 1.165) is 17.8 Å². The van der Waals surface area contributed by atoms with Crippen LogP contribution in [0.15, 0.2) is 49.6 Å². The van der Waals surface area contributed by atoms with Gasteiger partial charge in [0.15, 0.2) is 0 Å². The molecule has 0 saturated heterocycles. The van der Waals surface area contributed by atoms with Crippen LogP contribution in [0.4, 0.5) is 5.82 Å². The summed E-state index contributed by atoms with van der Waals surface area (Å²) in [5.74, 6) is 0.512. The fourth-order valence-electron chi connectivity index (χ4n) is 2.27. The second-order valence-electron chi connectivity index (χ2n) is 4.76. The van der Waals surface area contributed by atoms with E-state index in [1.807, 2.05) is 37.2 Å². The van der Waals surface area contributed by atoms with Gasteiger partial charge in [-0.2, -0.15) is 0 Å². The molecule has 3 aromatic rings. The number of nitrogens with zero attached hydrogens (tertiary/aromatic N) is 5. The Balaban J connectivity index is 1.90. The molecular weight excluding hydrogens is 252 g/mol. The average molecular weight is 268 g/mol. The molecule has 3 aromatic heterocycles. The lowest BCUT2D eigenvalue weighted by atomic mass is 10.2. The third kappa shape index (κ3) is 2.40. The van der Waals surface area contributed by atoms with Crippen LogP contribution in [0.3, 0.4) is 0 Å². The van der Waals surface area contributed by atoms with Gasteiger partial charge in [0.05, 0.1) is 30.6 Å². The Hall–Kier alpha value is -2.63. The summed E-state index contributed by atoms with van der Waals surface area (Å²) < 4.78 is 4.18. The number of nitrogens with two attached hydrogens (primary N) is 1. The first-order valence-electron chi connectivity index (χ1n) is 6.43. The molecule has 0 saturated carbocycles. The van der Waals surface area contributed by atoms with Crippen LogP contribution in [0.25, 0.3) is 11.3 Å². The first kappa shape index (κ1) is 12.4. The number of pyridine rings is 1. The number of aromatic nitrogens is 5. The lowest BCUT2D eigenvalue weighted by Crippen LogP contribution is -2.12. The molecule has 1 atom stereocenters. The van der Waals surface area contributed by atoms with Crippen LogP contribution in [0.1, 0.15) is 13.0 Å². The molecular formula is C14H16N6. The van der Waals surface area contributed by atoms with E-state index in [2.05, 4.69) is 31.0 Å². The third-order valence-corrected chi connectivity index (χ3v) is 3.25. The van der Waals surface area contributed by atoms with Crippen LogP contribution in [0, 0.1) is 0 Å². The molecule has 3 rings (SSSR count).